The molecule has 3 rings (SSSR count). The number of hydrogen-bond acceptors (Lipinski definition) is 5. The van der Waals surface area contributed by atoms with Gasteiger partial charge in [-0.2, -0.15) is 0 Å². The van der Waals surface area contributed by atoms with Gasteiger partial charge in [0.05, 0.1) is 17.7 Å². The Morgan fingerprint density at radius 3 is 2.23 bits per heavy atom. The maximum Gasteiger partial charge on any atom is 0.264 e. The van der Waals surface area contributed by atoms with Crippen molar-refractivity contribution in [3.63, 3.8) is 0 Å². The number of ketones is 1. The molecule has 0 aliphatic rings. The van der Waals surface area contributed by atoms with Crippen LogP contribution in [0.25, 0.3) is 0 Å². The molecule has 8 heteroatoms. The number of rotatable bonds is 8. The number of anilines is 2. The van der Waals surface area contributed by atoms with Crippen molar-refractivity contribution in [2.45, 2.75) is 11.8 Å². The fourth-order valence-electron chi connectivity index (χ4n) is 2.93. The zero-order valence-electron chi connectivity index (χ0n) is 17.1. The van der Waals surface area contributed by atoms with E-state index in [2.05, 4.69) is 5.32 Å². The smallest absolute Gasteiger partial charge is 0.264 e. The van der Waals surface area contributed by atoms with Gasteiger partial charge >= 0.3 is 0 Å². The standard InChI is InChI=1S/C23H22N2O5S/c1-17(26)18-7-6-8-19(15-18)24-23(27)16-25(20-11-13-21(30-2)14-12-20)31(28,29)22-9-4-3-5-10-22/h3-15H,16H2,1-2H3,(H,24,27). The van der Waals surface area contributed by atoms with Crippen molar-refractivity contribution in [1.82, 2.24) is 0 Å². The summed E-state index contributed by atoms with van der Waals surface area (Å²) in [4.78, 5) is 24.4. The van der Waals surface area contributed by atoms with Gasteiger partial charge in [0, 0.05) is 11.3 Å². The van der Waals surface area contributed by atoms with E-state index in [0.717, 1.165) is 4.31 Å². The number of sulfonamides is 1. The second-order valence-corrected chi connectivity index (χ2v) is 8.57. The van der Waals surface area contributed by atoms with Crippen molar-refractivity contribution >= 4 is 33.1 Å². The van der Waals surface area contributed by atoms with Crippen LogP contribution in [0.2, 0.25) is 0 Å². The highest BCUT2D eigenvalue weighted by atomic mass is 32.2. The van der Waals surface area contributed by atoms with Gasteiger partial charge in [0.2, 0.25) is 5.91 Å². The molecule has 0 unspecified atom stereocenters. The number of benzene rings is 3. The number of amides is 1. The molecular formula is C23H22N2O5S. The zero-order valence-corrected chi connectivity index (χ0v) is 17.9. The van der Waals surface area contributed by atoms with Crippen LogP contribution in [0, 0.1) is 0 Å². The lowest BCUT2D eigenvalue weighted by atomic mass is 10.1. The molecule has 3 aromatic carbocycles. The minimum Gasteiger partial charge on any atom is -0.497 e. The van der Waals surface area contributed by atoms with Crippen LogP contribution >= 0.6 is 0 Å². The third kappa shape index (κ3) is 5.29. The highest BCUT2D eigenvalue weighted by Gasteiger charge is 2.27. The molecule has 3 aromatic rings. The number of carbonyl (C=O) groups is 2. The molecule has 160 valence electrons. The summed E-state index contributed by atoms with van der Waals surface area (Å²) in [6.45, 7) is 0.979. The Balaban J connectivity index is 1.92. The summed E-state index contributed by atoms with van der Waals surface area (Å²) in [6, 6.07) is 20.7. The number of carbonyl (C=O) groups excluding carboxylic acids is 2. The van der Waals surface area contributed by atoms with Gasteiger partial charge in [-0.3, -0.25) is 13.9 Å². The van der Waals surface area contributed by atoms with Crippen molar-refractivity contribution in [3.05, 3.63) is 84.4 Å². The fraction of sp³-hybridized carbons (Fsp3) is 0.130. The molecule has 0 bridgehead atoms. The van der Waals surface area contributed by atoms with E-state index in [4.69, 9.17) is 4.74 Å². The quantitative estimate of drug-likeness (QED) is 0.541. The summed E-state index contributed by atoms with van der Waals surface area (Å²) in [6.07, 6.45) is 0. The minimum atomic E-state index is -4.01. The maximum atomic E-state index is 13.3. The van der Waals surface area contributed by atoms with E-state index in [0.29, 0.717) is 22.7 Å². The third-order valence-electron chi connectivity index (χ3n) is 4.53. The monoisotopic (exact) mass is 438 g/mol. The van der Waals surface area contributed by atoms with Gasteiger partial charge in [-0.05, 0) is 55.5 Å². The Labute approximate surface area is 181 Å². The van der Waals surface area contributed by atoms with Crippen LogP contribution in [0.5, 0.6) is 5.75 Å². The zero-order chi connectivity index (χ0) is 22.4. The third-order valence-corrected chi connectivity index (χ3v) is 6.32. The largest absolute Gasteiger partial charge is 0.497 e. The van der Waals surface area contributed by atoms with E-state index in [-0.39, 0.29) is 10.7 Å². The molecule has 0 heterocycles. The maximum absolute atomic E-state index is 13.3. The summed E-state index contributed by atoms with van der Waals surface area (Å²) in [5.74, 6) is -0.120. The predicted molar refractivity (Wildman–Crippen MR) is 119 cm³/mol. The number of ether oxygens (including phenoxy) is 1. The molecule has 0 aromatic heterocycles. The van der Waals surface area contributed by atoms with Gasteiger partial charge in [-0.1, -0.05) is 30.3 Å². The van der Waals surface area contributed by atoms with Crippen molar-refractivity contribution in [3.8, 4) is 5.75 Å². The van der Waals surface area contributed by atoms with Crippen LogP contribution < -0.4 is 14.4 Å². The lowest BCUT2D eigenvalue weighted by Gasteiger charge is -2.24. The molecule has 31 heavy (non-hydrogen) atoms. The van der Waals surface area contributed by atoms with Crippen molar-refractivity contribution in [1.29, 1.82) is 0 Å². The Kier molecular flexibility index (Phi) is 6.71. The molecular weight excluding hydrogens is 416 g/mol. The Bertz CT molecular complexity index is 1180. The predicted octanol–water partition coefficient (Wildman–Crippen LogP) is 3.73. The van der Waals surface area contributed by atoms with E-state index >= 15 is 0 Å². The highest BCUT2D eigenvalue weighted by molar-refractivity contribution is 7.92. The number of Topliss-reactive ketones (excluding diaryl/α,β-unsaturated/α-hetero) is 1. The van der Waals surface area contributed by atoms with Crippen molar-refractivity contribution in [2.75, 3.05) is 23.3 Å². The van der Waals surface area contributed by atoms with Crippen LogP contribution in [0.4, 0.5) is 11.4 Å². The van der Waals surface area contributed by atoms with Crippen LogP contribution in [0.15, 0.2) is 83.8 Å². The van der Waals surface area contributed by atoms with Crippen molar-refractivity contribution in [2.24, 2.45) is 0 Å². The van der Waals surface area contributed by atoms with E-state index in [1.807, 2.05) is 0 Å². The average molecular weight is 439 g/mol. The summed E-state index contributed by atoms with van der Waals surface area (Å²) in [5, 5.41) is 2.66. The van der Waals surface area contributed by atoms with Gasteiger partial charge in [0.25, 0.3) is 10.0 Å². The molecule has 7 nitrogen and oxygen atoms in total. The molecule has 0 saturated heterocycles. The lowest BCUT2D eigenvalue weighted by molar-refractivity contribution is -0.114. The van der Waals surface area contributed by atoms with Gasteiger partial charge in [-0.15, -0.1) is 0 Å². The molecule has 0 radical (unpaired) electrons. The Hall–Kier alpha value is -3.65. The summed E-state index contributed by atoms with van der Waals surface area (Å²) < 4.78 is 32.7. The molecule has 1 N–H and O–H groups in total. The van der Waals surface area contributed by atoms with Crippen LogP contribution in [0.3, 0.4) is 0 Å². The van der Waals surface area contributed by atoms with E-state index in [1.165, 1.54) is 26.2 Å². The summed E-state index contributed by atoms with van der Waals surface area (Å²) >= 11 is 0. The first-order valence-corrected chi connectivity index (χ1v) is 10.9. The summed E-state index contributed by atoms with van der Waals surface area (Å²) in [5.41, 5.74) is 1.17. The molecule has 0 atom stereocenters. The first-order chi connectivity index (χ1) is 14.8. The molecule has 0 aliphatic carbocycles. The van der Waals surface area contributed by atoms with Gasteiger partial charge in [-0.25, -0.2) is 8.42 Å². The van der Waals surface area contributed by atoms with Crippen LogP contribution in [0.1, 0.15) is 17.3 Å². The lowest BCUT2D eigenvalue weighted by Crippen LogP contribution is -2.38. The first kappa shape index (κ1) is 22.0. The van der Waals surface area contributed by atoms with Crippen molar-refractivity contribution < 1.29 is 22.7 Å². The van der Waals surface area contributed by atoms with E-state index in [1.54, 1.807) is 66.7 Å². The number of hydrogen-bond donors (Lipinski definition) is 1. The number of methoxy groups -OCH3 is 1. The SMILES string of the molecule is COc1ccc(N(CC(=O)Nc2cccc(C(C)=O)c2)S(=O)(=O)c2ccccc2)cc1. The van der Waals surface area contributed by atoms with E-state index in [9.17, 15) is 18.0 Å². The minimum absolute atomic E-state index is 0.0668. The second-order valence-electron chi connectivity index (χ2n) is 6.71. The summed E-state index contributed by atoms with van der Waals surface area (Å²) in [7, 11) is -2.50. The number of nitrogens with zero attached hydrogens (tertiary/aromatic N) is 1. The topological polar surface area (TPSA) is 92.8 Å². The number of nitrogens with one attached hydrogen (secondary N) is 1. The van der Waals surface area contributed by atoms with Gasteiger partial charge in [0.15, 0.2) is 5.78 Å². The van der Waals surface area contributed by atoms with Crippen LogP contribution in [-0.4, -0.2) is 33.8 Å². The fourth-order valence-corrected chi connectivity index (χ4v) is 4.37. The normalized spacial score (nSPS) is 10.9. The molecule has 0 fully saturated rings. The first-order valence-electron chi connectivity index (χ1n) is 9.44. The molecule has 0 spiro atoms. The Morgan fingerprint density at radius 1 is 0.935 bits per heavy atom. The molecule has 0 saturated carbocycles. The van der Waals surface area contributed by atoms with Crippen LogP contribution in [-0.2, 0) is 14.8 Å². The Morgan fingerprint density at radius 2 is 1.61 bits per heavy atom. The molecule has 1 amide bonds. The van der Waals surface area contributed by atoms with Gasteiger partial charge in [0.1, 0.15) is 12.3 Å². The average Bonchev–Trinajstić information content (AvgIpc) is 2.78. The highest BCUT2D eigenvalue weighted by Crippen LogP contribution is 2.26. The van der Waals surface area contributed by atoms with E-state index < -0.39 is 22.5 Å². The second kappa shape index (κ2) is 9.44. The molecule has 0 aliphatic heterocycles. The van der Waals surface area contributed by atoms with Gasteiger partial charge < -0.3 is 10.1 Å².